The smallest absolute Gasteiger partial charge is 0.314 e. The van der Waals surface area contributed by atoms with Gasteiger partial charge >= 0.3 is 5.97 Å². The molecule has 1 aliphatic carbocycles. The minimum absolute atomic E-state index is 0.678. The molecule has 3 rings (SSSR count). The summed E-state index contributed by atoms with van der Waals surface area (Å²) in [5, 5.41) is 9.71. The molecule has 1 aromatic rings. The van der Waals surface area contributed by atoms with Gasteiger partial charge in [-0.15, -0.1) is 0 Å². The largest absolute Gasteiger partial charge is 0.493 e. The third-order valence-electron chi connectivity index (χ3n) is 4.58. The van der Waals surface area contributed by atoms with Gasteiger partial charge in [-0.05, 0) is 42.9 Å². The zero-order valence-electron chi connectivity index (χ0n) is 11.2. The summed E-state index contributed by atoms with van der Waals surface area (Å²) >= 11 is 0. The first-order valence-corrected chi connectivity index (χ1v) is 7.22. The van der Waals surface area contributed by atoms with E-state index < -0.39 is 11.4 Å². The first-order chi connectivity index (χ1) is 9.22. The number of hydrogen-bond acceptors (Lipinski definition) is 2. The van der Waals surface area contributed by atoms with E-state index in [4.69, 9.17) is 4.74 Å². The molecule has 0 unspecified atom stereocenters. The minimum atomic E-state index is -0.686. The van der Waals surface area contributed by atoms with Crippen molar-refractivity contribution in [3.05, 3.63) is 29.3 Å². The van der Waals surface area contributed by atoms with Crippen LogP contribution in [0.25, 0.3) is 0 Å². The fourth-order valence-electron chi connectivity index (χ4n) is 3.42. The van der Waals surface area contributed by atoms with Crippen molar-refractivity contribution in [2.75, 3.05) is 6.61 Å². The van der Waals surface area contributed by atoms with Crippen molar-refractivity contribution in [1.82, 2.24) is 0 Å². The number of fused-ring (bicyclic) bond motifs is 1. The van der Waals surface area contributed by atoms with E-state index in [2.05, 4.69) is 6.07 Å². The van der Waals surface area contributed by atoms with Crippen LogP contribution in [0.1, 0.15) is 49.7 Å². The van der Waals surface area contributed by atoms with E-state index in [0.717, 1.165) is 62.9 Å². The Morgan fingerprint density at radius 3 is 2.68 bits per heavy atom. The van der Waals surface area contributed by atoms with Crippen molar-refractivity contribution >= 4 is 5.97 Å². The Kier molecular flexibility index (Phi) is 3.21. The van der Waals surface area contributed by atoms with E-state index in [-0.39, 0.29) is 0 Å². The van der Waals surface area contributed by atoms with Crippen molar-refractivity contribution in [3.8, 4) is 5.75 Å². The summed E-state index contributed by atoms with van der Waals surface area (Å²) in [5.74, 6) is 0.220. The number of ether oxygens (including phenoxy) is 1. The number of aliphatic carboxylic acids is 1. The molecule has 0 saturated heterocycles. The van der Waals surface area contributed by atoms with E-state index in [0.29, 0.717) is 0 Å². The lowest BCUT2D eigenvalue weighted by Crippen LogP contribution is -2.37. The molecule has 1 heterocycles. The number of carboxylic acid groups (broad SMARTS) is 1. The summed E-state index contributed by atoms with van der Waals surface area (Å²) in [5.41, 5.74) is 1.46. The number of carbonyl (C=O) groups is 1. The van der Waals surface area contributed by atoms with E-state index in [1.54, 1.807) is 0 Å². The van der Waals surface area contributed by atoms with Gasteiger partial charge in [-0.2, -0.15) is 0 Å². The van der Waals surface area contributed by atoms with Crippen LogP contribution in [0.4, 0.5) is 0 Å². The highest BCUT2D eigenvalue weighted by Gasteiger charge is 2.41. The topological polar surface area (TPSA) is 46.5 Å². The average Bonchev–Trinajstić information content (AvgIpc) is 2.47. The second-order valence-electron chi connectivity index (χ2n) is 5.72. The summed E-state index contributed by atoms with van der Waals surface area (Å²) in [4.78, 5) is 11.8. The lowest BCUT2D eigenvalue weighted by atomic mass is 9.69. The van der Waals surface area contributed by atoms with Gasteiger partial charge in [-0.25, -0.2) is 0 Å². The molecule has 0 atom stereocenters. The Labute approximate surface area is 113 Å². The molecule has 3 heteroatoms. The number of carboxylic acids is 1. The Bertz CT molecular complexity index is 487. The standard InChI is InChI=1S/C16H20O3/c17-15(18)16(8-2-1-3-9-16)13-7-6-12-5-4-10-19-14(12)11-13/h6-7,11H,1-5,8-10H2,(H,17,18). The quantitative estimate of drug-likeness (QED) is 0.887. The van der Waals surface area contributed by atoms with Gasteiger partial charge < -0.3 is 9.84 Å². The van der Waals surface area contributed by atoms with Crippen molar-refractivity contribution in [3.63, 3.8) is 0 Å². The zero-order valence-corrected chi connectivity index (χ0v) is 11.2. The lowest BCUT2D eigenvalue weighted by Gasteiger charge is -2.34. The maximum Gasteiger partial charge on any atom is 0.314 e. The second-order valence-corrected chi connectivity index (χ2v) is 5.72. The molecule has 102 valence electrons. The van der Waals surface area contributed by atoms with Gasteiger partial charge in [0.25, 0.3) is 0 Å². The van der Waals surface area contributed by atoms with Crippen LogP contribution >= 0.6 is 0 Å². The second kappa shape index (κ2) is 4.87. The Balaban J connectivity index is 2.01. The maximum atomic E-state index is 11.8. The van der Waals surface area contributed by atoms with Crippen molar-refractivity contribution in [1.29, 1.82) is 0 Å². The Hall–Kier alpha value is -1.51. The molecule has 0 spiro atoms. The van der Waals surface area contributed by atoms with Crippen molar-refractivity contribution < 1.29 is 14.6 Å². The molecule has 3 nitrogen and oxygen atoms in total. The van der Waals surface area contributed by atoms with Crippen molar-refractivity contribution in [2.45, 2.75) is 50.4 Å². The lowest BCUT2D eigenvalue weighted by molar-refractivity contribution is -0.145. The van der Waals surface area contributed by atoms with Gasteiger partial charge in [0.15, 0.2) is 0 Å². The molecule has 1 saturated carbocycles. The fraction of sp³-hybridized carbons (Fsp3) is 0.562. The Morgan fingerprint density at radius 2 is 1.95 bits per heavy atom. The van der Waals surface area contributed by atoms with Gasteiger partial charge in [-0.1, -0.05) is 31.4 Å². The average molecular weight is 260 g/mol. The highest BCUT2D eigenvalue weighted by atomic mass is 16.5. The predicted octanol–water partition coefficient (Wildman–Crippen LogP) is 3.30. The Morgan fingerprint density at radius 1 is 1.16 bits per heavy atom. The third kappa shape index (κ3) is 2.11. The summed E-state index contributed by atoms with van der Waals surface area (Å²) < 4.78 is 5.69. The molecule has 1 aliphatic heterocycles. The summed E-state index contributed by atoms with van der Waals surface area (Å²) in [6.45, 7) is 0.747. The molecule has 0 radical (unpaired) electrons. The van der Waals surface area contributed by atoms with Crippen LogP contribution in [0, 0.1) is 0 Å². The first-order valence-electron chi connectivity index (χ1n) is 7.22. The van der Waals surface area contributed by atoms with Crippen LogP contribution in [-0.2, 0) is 16.6 Å². The summed E-state index contributed by atoms with van der Waals surface area (Å²) in [6.07, 6.45) is 6.75. The maximum absolute atomic E-state index is 11.8. The minimum Gasteiger partial charge on any atom is -0.493 e. The normalized spacial score (nSPS) is 21.3. The predicted molar refractivity (Wildman–Crippen MR) is 72.7 cm³/mol. The molecule has 0 bridgehead atoms. The van der Waals surface area contributed by atoms with Crippen LogP contribution in [0.15, 0.2) is 18.2 Å². The number of rotatable bonds is 2. The molecule has 2 aliphatic rings. The SMILES string of the molecule is O=C(O)C1(c2ccc3c(c2)OCCC3)CCCCC1. The molecule has 0 amide bonds. The highest BCUT2D eigenvalue weighted by molar-refractivity contribution is 5.81. The molecule has 1 N–H and O–H groups in total. The monoisotopic (exact) mass is 260 g/mol. The van der Waals surface area contributed by atoms with Gasteiger partial charge in [0.1, 0.15) is 5.75 Å². The zero-order chi connectivity index (χ0) is 13.3. The van der Waals surface area contributed by atoms with Crippen LogP contribution in [0.2, 0.25) is 0 Å². The molecular formula is C16H20O3. The van der Waals surface area contributed by atoms with Crippen LogP contribution in [-0.4, -0.2) is 17.7 Å². The number of aryl methyl sites for hydroxylation is 1. The number of benzene rings is 1. The molecular weight excluding hydrogens is 240 g/mol. The van der Waals surface area contributed by atoms with Crippen LogP contribution < -0.4 is 4.74 Å². The van der Waals surface area contributed by atoms with E-state index in [9.17, 15) is 9.90 Å². The van der Waals surface area contributed by atoms with E-state index >= 15 is 0 Å². The highest BCUT2D eigenvalue weighted by Crippen LogP contribution is 2.41. The molecule has 1 aromatic carbocycles. The van der Waals surface area contributed by atoms with Crippen molar-refractivity contribution in [2.24, 2.45) is 0 Å². The van der Waals surface area contributed by atoms with Gasteiger partial charge in [0.05, 0.1) is 12.0 Å². The molecule has 0 aromatic heterocycles. The molecule has 1 fully saturated rings. The third-order valence-corrected chi connectivity index (χ3v) is 4.58. The summed E-state index contributed by atoms with van der Waals surface area (Å²) in [6, 6.07) is 6.05. The van der Waals surface area contributed by atoms with Gasteiger partial charge in [0.2, 0.25) is 0 Å². The van der Waals surface area contributed by atoms with Gasteiger partial charge in [-0.3, -0.25) is 4.79 Å². The summed E-state index contributed by atoms with van der Waals surface area (Å²) in [7, 11) is 0. The van der Waals surface area contributed by atoms with Crippen LogP contribution in [0.5, 0.6) is 5.75 Å². The fourth-order valence-corrected chi connectivity index (χ4v) is 3.42. The van der Waals surface area contributed by atoms with Gasteiger partial charge in [0, 0.05) is 0 Å². The van der Waals surface area contributed by atoms with E-state index in [1.807, 2.05) is 12.1 Å². The molecule has 19 heavy (non-hydrogen) atoms. The van der Waals surface area contributed by atoms with Crippen LogP contribution in [0.3, 0.4) is 0 Å². The van der Waals surface area contributed by atoms with E-state index in [1.165, 1.54) is 5.56 Å². The first kappa shape index (κ1) is 12.5. The number of hydrogen-bond donors (Lipinski definition) is 1.